The van der Waals surface area contributed by atoms with Crippen LogP contribution in [0.15, 0.2) is 18.2 Å². The van der Waals surface area contributed by atoms with Crippen molar-refractivity contribution in [3.63, 3.8) is 0 Å². The monoisotopic (exact) mass is 263 g/mol. The lowest BCUT2D eigenvalue weighted by atomic mass is 10.2. The molecule has 1 rings (SSSR count). The molecule has 0 spiro atoms. The van der Waals surface area contributed by atoms with Crippen molar-refractivity contribution in [1.82, 2.24) is 15.2 Å². The normalized spacial score (nSPS) is 12.9. The number of unbranched alkanes of at least 4 members (excludes halogenated alkanes) is 2. The van der Waals surface area contributed by atoms with E-state index in [1.54, 1.807) is 0 Å². The zero-order chi connectivity index (χ0) is 14.1. The molecule has 0 amide bonds. The molecule has 0 saturated heterocycles. The topological polar surface area (TPSA) is 28.2 Å². The molecular weight excluding hydrogens is 234 g/mol. The van der Waals surface area contributed by atoms with Crippen LogP contribution in [0.1, 0.15) is 44.5 Å². The van der Waals surface area contributed by atoms with Crippen LogP contribution in [0.25, 0.3) is 0 Å². The van der Waals surface area contributed by atoms with E-state index in [9.17, 15) is 0 Å². The van der Waals surface area contributed by atoms with Gasteiger partial charge < -0.3 is 5.32 Å². The van der Waals surface area contributed by atoms with Crippen molar-refractivity contribution in [3.05, 3.63) is 29.6 Å². The fraction of sp³-hybridized carbons (Fsp3) is 0.688. The summed E-state index contributed by atoms with van der Waals surface area (Å²) in [5.74, 6) is 0. The Labute approximate surface area is 118 Å². The first-order valence-corrected chi connectivity index (χ1v) is 7.47. The van der Waals surface area contributed by atoms with Crippen LogP contribution in [0.4, 0.5) is 0 Å². The van der Waals surface area contributed by atoms with E-state index in [1.807, 2.05) is 13.0 Å². The summed E-state index contributed by atoms with van der Waals surface area (Å²) < 4.78 is 0. The molecule has 1 N–H and O–H groups in total. The second-order valence-corrected chi connectivity index (χ2v) is 5.45. The predicted octanol–water partition coefficient (Wildman–Crippen LogP) is 2.99. The van der Waals surface area contributed by atoms with Gasteiger partial charge in [-0.25, -0.2) is 0 Å². The second-order valence-electron chi connectivity index (χ2n) is 5.45. The van der Waals surface area contributed by atoms with Crippen molar-refractivity contribution in [2.24, 2.45) is 0 Å². The van der Waals surface area contributed by atoms with Gasteiger partial charge in [-0.05, 0) is 46.0 Å². The Morgan fingerprint density at radius 3 is 2.79 bits per heavy atom. The van der Waals surface area contributed by atoms with Crippen molar-refractivity contribution in [1.29, 1.82) is 0 Å². The van der Waals surface area contributed by atoms with Crippen LogP contribution in [0.2, 0.25) is 0 Å². The van der Waals surface area contributed by atoms with Crippen molar-refractivity contribution >= 4 is 0 Å². The minimum atomic E-state index is 0.531. The molecule has 0 radical (unpaired) electrons. The Kier molecular flexibility index (Phi) is 7.68. The SMILES string of the molecule is CCCCCNCC(C)N(C)Cc1cccc(C)n1. The van der Waals surface area contributed by atoms with E-state index in [0.717, 1.165) is 31.0 Å². The first-order chi connectivity index (χ1) is 9.13. The number of nitrogens with one attached hydrogen (secondary N) is 1. The molecule has 3 nitrogen and oxygen atoms in total. The summed E-state index contributed by atoms with van der Waals surface area (Å²) in [6.07, 6.45) is 3.90. The molecule has 1 unspecified atom stereocenters. The Bertz CT molecular complexity index is 352. The maximum absolute atomic E-state index is 4.55. The van der Waals surface area contributed by atoms with Gasteiger partial charge in [0.15, 0.2) is 0 Å². The third-order valence-electron chi connectivity index (χ3n) is 3.51. The zero-order valence-electron chi connectivity index (χ0n) is 12.9. The number of nitrogens with zero attached hydrogens (tertiary/aromatic N) is 2. The highest BCUT2D eigenvalue weighted by molar-refractivity contribution is 5.09. The smallest absolute Gasteiger partial charge is 0.0547 e. The van der Waals surface area contributed by atoms with Crippen LogP contribution in [0.5, 0.6) is 0 Å². The van der Waals surface area contributed by atoms with E-state index < -0.39 is 0 Å². The average molecular weight is 263 g/mol. The van der Waals surface area contributed by atoms with Crippen LogP contribution in [-0.2, 0) is 6.54 Å². The first kappa shape index (κ1) is 16.1. The lowest BCUT2D eigenvalue weighted by Gasteiger charge is -2.24. The molecule has 0 saturated carbocycles. The van der Waals surface area contributed by atoms with Crippen LogP contribution >= 0.6 is 0 Å². The van der Waals surface area contributed by atoms with Crippen molar-refractivity contribution < 1.29 is 0 Å². The van der Waals surface area contributed by atoms with Gasteiger partial charge in [-0.1, -0.05) is 25.8 Å². The van der Waals surface area contributed by atoms with Gasteiger partial charge in [0.25, 0.3) is 0 Å². The molecule has 0 bridgehead atoms. The van der Waals surface area contributed by atoms with Crippen LogP contribution in [-0.4, -0.2) is 36.1 Å². The summed E-state index contributed by atoms with van der Waals surface area (Å²) in [4.78, 5) is 6.91. The van der Waals surface area contributed by atoms with Gasteiger partial charge in [-0.3, -0.25) is 9.88 Å². The lowest BCUT2D eigenvalue weighted by molar-refractivity contribution is 0.240. The van der Waals surface area contributed by atoms with Gasteiger partial charge in [-0.2, -0.15) is 0 Å². The number of pyridine rings is 1. The zero-order valence-corrected chi connectivity index (χ0v) is 12.9. The number of aryl methyl sites for hydroxylation is 1. The molecule has 0 aliphatic heterocycles. The largest absolute Gasteiger partial charge is 0.315 e. The lowest BCUT2D eigenvalue weighted by Crippen LogP contribution is -2.38. The highest BCUT2D eigenvalue weighted by atomic mass is 15.1. The summed E-state index contributed by atoms with van der Waals surface area (Å²) in [6, 6.07) is 6.76. The van der Waals surface area contributed by atoms with E-state index in [0.29, 0.717) is 6.04 Å². The maximum atomic E-state index is 4.55. The fourth-order valence-corrected chi connectivity index (χ4v) is 2.07. The molecule has 108 valence electrons. The van der Waals surface area contributed by atoms with E-state index in [-0.39, 0.29) is 0 Å². The predicted molar refractivity (Wildman–Crippen MR) is 82.3 cm³/mol. The van der Waals surface area contributed by atoms with Crippen molar-refractivity contribution in [2.75, 3.05) is 20.1 Å². The van der Waals surface area contributed by atoms with Crippen LogP contribution < -0.4 is 5.32 Å². The summed E-state index contributed by atoms with van der Waals surface area (Å²) >= 11 is 0. The quantitative estimate of drug-likeness (QED) is 0.694. The number of rotatable bonds is 9. The van der Waals surface area contributed by atoms with Crippen LogP contribution in [0, 0.1) is 6.92 Å². The maximum Gasteiger partial charge on any atom is 0.0547 e. The molecule has 1 heterocycles. The standard InChI is InChI=1S/C16H29N3/c1-5-6-7-11-17-12-15(3)19(4)13-16-10-8-9-14(2)18-16/h8-10,15,17H,5-7,11-13H2,1-4H3. The molecule has 3 heteroatoms. The van der Waals surface area contributed by atoms with E-state index in [2.05, 4.69) is 48.2 Å². The number of aromatic nitrogens is 1. The highest BCUT2D eigenvalue weighted by Crippen LogP contribution is 2.04. The van der Waals surface area contributed by atoms with Gasteiger partial charge in [0.1, 0.15) is 0 Å². The summed E-state index contributed by atoms with van der Waals surface area (Å²) in [5.41, 5.74) is 2.25. The minimum absolute atomic E-state index is 0.531. The fourth-order valence-electron chi connectivity index (χ4n) is 2.07. The average Bonchev–Trinajstić information content (AvgIpc) is 2.38. The Morgan fingerprint density at radius 1 is 1.32 bits per heavy atom. The molecule has 1 aromatic heterocycles. The molecule has 1 atom stereocenters. The Balaban J connectivity index is 2.26. The Morgan fingerprint density at radius 2 is 2.11 bits per heavy atom. The third kappa shape index (κ3) is 6.69. The highest BCUT2D eigenvalue weighted by Gasteiger charge is 2.09. The summed E-state index contributed by atoms with van der Waals surface area (Å²) in [7, 11) is 2.17. The van der Waals surface area contributed by atoms with Crippen molar-refractivity contribution in [3.8, 4) is 0 Å². The van der Waals surface area contributed by atoms with E-state index in [4.69, 9.17) is 0 Å². The number of likely N-dealkylation sites (N-methyl/N-ethyl adjacent to an activating group) is 1. The van der Waals surface area contributed by atoms with Gasteiger partial charge in [0.05, 0.1) is 5.69 Å². The van der Waals surface area contributed by atoms with Gasteiger partial charge in [0, 0.05) is 24.8 Å². The molecule has 1 aromatic rings. The molecule has 19 heavy (non-hydrogen) atoms. The first-order valence-electron chi connectivity index (χ1n) is 7.47. The molecule has 0 fully saturated rings. The minimum Gasteiger partial charge on any atom is -0.315 e. The van der Waals surface area contributed by atoms with Crippen molar-refractivity contribution in [2.45, 2.75) is 52.6 Å². The summed E-state index contributed by atoms with van der Waals surface area (Å²) in [6.45, 7) is 9.65. The Hall–Kier alpha value is -0.930. The number of hydrogen-bond donors (Lipinski definition) is 1. The second kappa shape index (κ2) is 9.05. The molecule has 0 aliphatic carbocycles. The van der Waals surface area contributed by atoms with E-state index >= 15 is 0 Å². The molecular formula is C16H29N3. The van der Waals surface area contributed by atoms with Gasteiger partial charge in [-0.15, -0.1) is 0 Å². The molecule has 0 aliphatic rings. The third-order valence-corrected chi connectivity index (χ3v) is 3.51. The van der Waals surface area contributed by atoms with Crippen LogP contribution in [0.3, 0.4) is 0 Å². The van der Waals surface area contributed by atoms with Gasteiger partial charge in [0.2, 0.25) is 0 Å². The van der Waals surface area contributed by atoms with E-state index in [1.165, 1.54) is 19.3 Å². The molecule has 0 aromatic carbocycles. The van der Waals surface area contributed by atoms with Gasteiger partial charge >= 0.3 is 0 Å². The number of hydrogen-bond acceptors (Lipinski definition) is 3. The summed E-state index contributed by atoms with van der Waals surface area (Å²) in [5, 5.41) is 3.54.